The minimum atomic E-state index is 0.638. The van der Waals surface area contributed by atoms with Crippen LogP contribution in [0.1, 0.15) is 27.7 Å². The maximum Gasteiger partial charge on any atom is 0.140 e. The zero-order valence-electron chi connectivity index (χ0n) is 10.8. The normalized spacial score (nSPS) is 11.6. The highest BCUT2D eigenvalue weighted by atomic mass is 79.9. The quantitative estimate of drug-likeness (QED) is 0.840. The second-order valence-corrected chi connectivity index (χ2v) is 6.31. The summed E-state index contributed by atoms with van der Waals surface area (Å²) in [6, 6.07) is 1.86. The fraction of sp³-hybridized carbons (Fsp3) is 0.615. The molecule has 1 rings (SSSR count). The molecule has 1 N–H and O–H groups in total. The fourth-order valence-corrected chi connectivity index (χ4v) is 2.78. The molecular weight excluding hydrogens is 300 g/mol. The summed E-state index contributed by atoms with van der Waals surface area (Å²) in [7, 11) is 0. The van der Waals surface area contributed by atoms with E-state index in [9.17, 15) is 0 Å². The topological polar surface area (TPSA) is 24.9 Å². The van der Waals surface area contributed by atoms with Gasteiger partial charge in [0.25, 0.3) is 0 Å². The van der Waals surface area contributed by atoms with Gasteiger partial charge in [0, 0.05) is 12.7 Å². The molecule has 0 radical (unpaired) electrons. The minimum Gasteiger partial charge on any atom is -0.369 e. The second kappa shape index (κ2) is 6.60. The largest absolute Gasteiger partial charge is 0.369 e. The van der Waals surface area contributed by atoms with Crippen molar-refractivity contribution in [1.29, 1.82) is 0 Å². The first kappa shape index (κ1) is 14.8. The summed E-state index contributed by atoms with van der Waals surface area (Å²) in [5.74, 6) is 2.82. The lowest BCUT2D eigenvalue weighted by Crippen LogP contribution is -2.24. The maximum atomic E-state index is 5.86. The van der Waals surface area contributed by atoms with E-state index in [1.165, 1.54) is 0 Å². The van der Waals surface area contributed by atoms with Crippen LogP contribution in [0.3, 0.4) is 0 Å². The number of hydrogen-bond donors (Lipinski definition) is 1. The molecule has 17 heavy (non-hydrogen) atoms. The molecule has 0 spiro atoms. The van der Waals surface area contributed by atoms with E-state index in [-0.39, 0.29) is 0 Å². The van der Waals surface area contributed by atoms with E-state index in [4.69, 9.17) is 11.6 Å². The van der Waals surface area contributed by atoms with Crippen molar-refractivity contribution in [3.8, 4) is 0 Å². The third kappa shape index (κ3) is 4.47. The van der Waals surface area contributed by atoms with E-state index in [2.05, 4.69) is 53.9 Å². The van der Waals surface area contributed by atoms with Crippen LogP contribution >= 0.6 is 27.5 Å². The Hall–Kier alpha value is -0.280. The molecule has 0 aliphatic heterocycles. The molecule has 0 aromatic carbocycles. The van der Waals surface area contributed by atoms with Gasteiger partial charge in [-0.15, -0.1) is 0 Å². The molecule has 2 nitrogen and oxygen atoms in total. The Morgan fingerprint density at radius 2 is 1.88 bits per heavy atom. The van der Waals surface area contributed by atoms with Crippen molar-refractivity contribution in [2.75, 3.05) is 11.9 Å². The van der Waals surface area contributed by atoms with Gasteiger partial charge >= 0.3 is 0 Å². The zero-order valence-corrected chi connectivity index (χ0v) is 13.1. The highest BCUT2D eigenvalue weighted by Crippen LogP contribution is 2.25. The summed E-state index contributed by atoms with van der Waals surface area (Å²) in [5.41, 5.74) is 0. The molecule has 0 saturated heterocycles. The molecule has 0 unspecified atom stereocenters. The summed E-state index contributed by atoms with van der Waals surface area (Å²) < 4.78 is 0.913. The number of halogens is 2. The van der Waals surface area contributed by atoms with Gasteiger partial charge in [0.1, 0.15) is 5.82 Å². The molecule has 1 aromatic rings. The number of nitrogens with zero attached hydrogens (tertiary/aromatic N) is 1. The maximum absolute atomic E-state index is 5.86. The summed E-state index contributed by atoms with van der Waals surface area (Å²) >= 11 is 9.32. The predicted molar refractivity (Wildman–Crippen MR) is 78.6 cm³/mol. The molecule has 1 heterocycles. The van der Waals surface area contributed by atoms with Crippen molar-refractivity contribution < 1.29 is 0 Å². The Kier molecular flexibility index (Phi) is 5.74. The average molecular weight is 320 g/mol. The molecule has 4 heteroatoms. The van der Waals surface area contributed by atoms with Crippen molar-refractivity contribution in [1.82, 2.24) is 4.98 Å². The summed E-state index contributed by atoms with van der Waals surface area (Å²) in [4.78, 5) is 4.28. The van der Waals surface area contributed by atoms with E-state index >= 15 is 0 Å². The second-order valence-electron chi connectivity index (χ2n) is 5.02. The van der Waals surface area contributed by atoms with Crippen LogP contribution in [0.4, 0.5) is 5.82 Å². The highest BCUT2D eigenvalue weighted by Gasteiger charge is 2.17. The van der Waals surface area contributed by atoms with Crippen LogP contribution in [-0.4, -0.2) is 11.5 Å². The third-order valence-electron chi connectivity index (χ3n) is 3.03. The lowest BCUT2D eigenvalue weighted by atomic mass is 9.85. The third-order valence-corrected chi connectivity index (χ3v) is 3.84. The molecule has 1 aromatic heterocycles. The zero-order chi connectivity index (χ0) is 13.0. The number of hydrogen-bond acceptors (Lipinski definition) is 2. The van der Waals surface area contributed by atoms with Gasteiger partial charge in [-0.05, 0) is 39.8 Å². The lowest BCUT2D eigenvalue weighted by molar-refractivity contribution is 0.304. The lowest BCUT2D eigenvalue weighted by Gasteiger charge is -2.25. The number of rotatable bonds is 5. The monoisotopic (exact) mass is 318 g/mol. The van der Waals surface area contributed by atoms with Crippen molar-refractivity contribution >= 4 is 33.3 Å². The smallest absolute Gasteiger partial charge is 0.140 e. The van der Waals surface area contributed by atoms with Gasteiger partial charge in [0.15, 0.2) is 0 Å². The van der Waals surface area contributed by atoms with Gasteiger partial charge in [-0.2, -0.15) is 0 Å². The number of aromatic nitrogens is 1. The van der Waals surface area contributed by atoms with Crippen LogP contribution in [-0.2, 0) is 0 Å². The molecule has 0 amide bonds. The van der Waals surface area contributed by atoms with E-state index in [1.807, 2.05) is 6.07 Å². The Balaban J connectivity index is 2.65. The van der Waals surface area contributed by atoms with Crippen LogP contribution in [0.2, 0.25) is 5.02 Å². The van der Waals surface area contributed by atoms with Crippen LogP contribution in [0, 0.1) is 17.8 Å². The van der Waals surface area contributed by atoms with Gasteiger partial charge in [-0.3, -0.25) is 0 Å². The predicted octanol–water partition coefficient (Wildman–Crippen LogP) is 4.84. The molecule has 96 valence electrons. The molecule has 0 saturated carbocycles. The van der Waals surface area contributed by atoms with E-state index in [0.717, 1.165) is 16.8 Å². The summed E-state index contributed by atoms with van der Waals surface area (Å²) in [6.07, 6.45) is 1.66. The standard InChI is InChI=1S/C13H20BrClN2/c1-8(2)11(9(3)4)7-17-13-12(14)5-10(15)6-16-13/h5-6,8-9,11H,7H2,1-4H3,(H,16,17). The Morgan fingerprint density at radius 3 is 2.35 bits per heavy atom. The van der Waals surface area contributed by atoms with Gasteiger partial charge in [-0.25, -0.2) is 4.98 Å². The molecular formula is C13H20BrClN2. The van der Waals surface area contributed by atoms with E-state index < -0.39 is 0 Å². The highest BCUT2D eigenvalue weighted by molar-refractivity contribution is 9.10. The van der Waals surface area contributed by atoms with Gasteiger partial charge in [0.2, 0.25) is 0 Å². The first-order chi connectivity index (χ1) is 7.91. The van der Waals surface area contributed by atoms with Crippen LogP contribution in [0.25, 0.3) is 0 Å². The average Bonchev–Trinajstić information content (AvgIpc) is 2.20. The van der Waals surface area contributed by atoms with Crippen LogP contribution in [0.5, 0.6) is 0 Å². The summed E-state index contributed by atoms with van der Waals surface area (Å²) in [5, 5.41) is 4.03. The van der Waals surface area contributed by atoms with Crippen molar-refractivity contribution in [2.24, 2.45) is 17.8 Å². The van der Waals surface area contributed by atoms with E-state index in [1.54, 1.807) is 6.20 Å². The van der Waals surface area contributed by atoms with Crippen molar-refractivity contribution in [3.63, 3.8) is 0 Å². The number of nitrogens with one attached hydrogen (secondary N) is 1. The van der Waals surface area contributed by atoms with Crippen molar-refractivity contribution in [2.45, 2.75) is 27.7 Å². The number of pyridine rings is 1. The van der Waals surface area contributed by atoms with E-state index in [0.29, 0.717) is 22.8 Å². The van der Waals surface area contributed by atoms with Gasteiger partial charge in [-0.1, -0.05) is 39.3 Å². The van der Waals surface area contributed by atoms with Crippen LogP contribution < -0.4 is 5.32 Å². The first-order valence-corrected chi connectivity index (χ1v) is 7.13. The van der Waals surface area contributed by atoms with Gasteiger partial charge < -0.3 is 5.32 Å². The molecule has 0 aliphatic rings. The molecule has 0 bridgehead atoms. The molecule has 0 fully saturated rings. The first-order valence-electron chi connectivity index (χ1n) is 5.96. The number of anilines is 1. The SMILES string of the molecule is CC(C)C(CNc1ncc(Cl)cc1Br)C(C)C. The van der Waals surface area contributed by atoms with Crippen LogP contribution in [0.15, 0.2) is 16.7 Å². The minimum absolute atomic E-state index is 0.638. The fourth-order valence-electron chi connectivity index (χ4n) is 2.00. The Bertz CT molecular complexity index is 358. The molecule has 0 aliphatic carbocycles. The Morgan fingerprint density at radius 1 is 1.29 bits per heavy atom. The van der Waals surface area contributed by atoms with Crippen molar-refractivity contribution in [3.05, 3.63) is 21.8 Å². The Labute approximate surface area is 117 Å². The molecule has 0 atom stereocenters. The summed E-state index contributed by atoms with van der Waals surface area (Å²) in [6.45, 7) is 9.98. The van der Waals surface area contributed by atoms with Gasteiger partial charge in [0.05, 0.1) is 9.50 Å².